The Labute approximate surface area is 181 Å². The fourth-order valence-electron chi connectivity index (χ4n) is 3.44. The summed E-state index contributed by atoms with van der Waals surface area (Å²) in [7, 11) is 0. The van der Waals surface area contributed by atoms with E-state index in [0.717, 1.165) is 0 Å². The molecular weight excluding hydrogens is 406 g/mol. The van der Waals surface area contributed by atoms with Gasteiger partial charge in [-0.05, 0) is 48.7 Å². The number of benzene rings is 1. The predicted octanol–water partition coefficient (Wildman–Crippen LogP) is 3.06. The van der Waals surface area contributed by atoms with Gasteiger partial charge in [0.25, 0.3) is 11.8 Å². The molecule has 1 N–H and O–H groups in total. The van der Waals surface area contributed by atoms with Crippen LogP contribution in [0.4, 0.5) is 0 Å². The summed E-state index contributed by atoms with van der Waals surface area (Å²) in [6.07, 6.45) is 2.00. The van der Waals surface area contributed by atoms with Gasteiger partial charge in [0.2, 0.25) is 5.91 Å². The van der Waals surface area contributed by atoms with Crippen LogP contribution < -0.4 is 5.32 Å². The van der Waals surface area contributed by atoms with Crippen molar-refractivity contribution in [3.8, 4) is 0 Å². The van der Waals surface area contributed by atoms with Crippen LogP contribution in [0, 0.1) is 5.92 Å². The molecule has 1 saturated heterocycles. The molecule has 30 heavy (non-hydrogen) atoms. The van der Waals surface area contributed by atoms with E-state index < -0.39 is 6.04 Å². The molecule has 1 aromatic heterocycles. The Kier molecular flexibility index (Phi) is 7.15. The Bertz CT molecular complexity index is 872. The number of carbonyl (C=O) groups excluding carboxylic acids is 3. The first-order valence-electron chi connectivity index (χ1n) is 10.0. The van der Waals surface area contributed by atoms with Crippen LogP contribution in [0.25, 0.3) is 0 Å². The molecule has 1 fully saturated rings. The second kappa shape index (κ2) is 9.80. The average Bonchev–Trinajstić information content (AvgIpc) is 3.27. The molecule has 7 nitrogen and oxygen atoms in total. The minimum Gasteiger partial charge on any atom is -0.459 e. The third kappa shape index (κ3) is 5.42. The highest BCUT2D eigenvalue weighted by Gasteiger charge is 2.31. The number of carbonyl (C=O) groups is 3. The molecule has 1 aromatic carbocycles. The molecular formula is C22H26ClN3O4. The Hall–Kier alpha value is -2.80. The monoisotopic (exact) mass is 431 g/mol. The molecule has 2 aromatic rings. The van der Waals surface area contributed by atoms with Crippen LogP contribution >= 0.6 is 11.6 Å². The van der Waals surface area contributed by atoms with Crippen LogP contribution in [0.15, 0.2) is 47.1 Å². The lowest BCUT2D eigenvalue weighted by Crippen LogP contribution is -2.56. The van der Waals surface area contributed by atoms with Crippen LogP contribution in [0.3, 0.4) is 0 Å². The molecule has 1 aliphatic heterocycles. The first kappa shape index (κ1) is 21.9. The number of amides is 3. The van der Waals surface area contributed by atoms with Crippen molar-refractivity contribution in [2.24, 2.45) is 5.92 Å². The van der Waals surface area contributed by atoms with Gasteiger partial charge >= 0.3 is 0 Å². The van der Waals surface area contributed by atoms with Crippen molar-refractivity contribution in [3.05, 3.63) is 59.0 Å². The van der Waals surface area contributed by atoms with Crippen molar-refractivity contribution >= 4 is 29.3 Å². The molecule has 1 aliphatic rings. The largest absolute Gasteiger partial charge is 0.459 e. The first-order valence-corrected chi connectivity index (χ1v) is 10.4. The van der Waals surface area contributed by atoms with Gasteiger partial charge in [-0.1, -0.05) is 25.4 Å². The van der Waals surface area contributed by atoms with Crippen molar-refractivity contribution in [1.82, 2.24) is 15.1 Å². The predicted molar refractivity (Wildman–Crippen MR) is 113 cm³/mol. The summed E-state index contributed by atoms with van der Waals surface area (Å²) in [5.41, 5.74) is 0.454. The smallest absolute Gasteiger partial charge is 0.289 e. The van der Waals surface area contributed by atoms with E-state index in [-0.39, 0.29) is 23.6 Å². The Balaban J connectivity index is 1.62. The van der Waals surface area contributed by atoms with E-state index in [1.807, 2.05) is 13.8 Å². The Morgan fingerprint density at radius 1 is 1.03 bits per heavy atom. The lowest BCUT2D eigenvalue weighted by molar-refractivity contribution is -0.135. The maximum absolute atomic E-state index is 13.1. The number of nitrogens with one attached hydrogen (secondary N) is 1. The Morgan fingerprint density at radius 3 is 2.23 bits per heavy atom. The Morgan fingerprint density at radius 2 is 1.67 bits per heavy atom. The van der Waals surface area contributed by atoms with Crippen molar-refractivity contribution < 1.29 is 18.8 Å². The van der Waals surface area contributed by atoms with Gasteiger partial charge in [0.05, 0.1) is 6.26 Å². The highest BCUT2D eigenvalue weighted by atomic mass is 35.5. The lowest BCUT2D eigenvalue weighted by Gasteiger charge is -2.36. The van der Waals surface area contributed by atoms with Crippen LogP contribution in [-0.4, -0.2) is 59.7 Å². The fourth-order valence-corrected chi connectivity index (χ4v) is 3.57. The van der Waals surface area contributed by atoms with Gasteiger partial charge in [-0.15, -0.1) is 0 Å². The second-order valence-electron chi connectivity index (χ2n) is 7.76. The molecule has 0 bridgehead atoms. The van der Waals surface area contributed by atoms with E-state index in [4.69, 9.17) is 16.0 Å². The highest BCUT2D eigenvalue weighted by Crippen LogP contribution is 2.15. The number of piperazine rings is 1. The number of rotatable bonds is 6. The molecule has 1 unspecified atom stereocenters. The van der Waals surface area contributed by atoms with Gasteiger partial charge < -0.3 is 19.5 Å². The number of nitrogens with zero attached hydrogens (tertiary/aromatic N) is 2. The maximum atomic E-state index is 13.1. The van der Waals surface area contributed by atoms with Gasteiger partial charge in [0.1, 0.15) is 6.04 Å². The zero-order chi connectivity index (χ0) is 21.7. The fraction of sp³-hybridized carbons (Fsp3) is 0.409. The molecule has 2 heterocycles. The van der Waals surface area contributed by atoms with Crippen molar-refractivity contribution in [2.45, 2.75) is 26.3 Å². The number of hydrogen-bond donors (Lipinski definition) is 1. The van der Waals surface area contributed by atoms with Crippen LogP contribution in [0.5, 0.6) is 0 Å². The standard InChI is InChI=1S/C22H26ClN3O4/c1-15(2)14-18(24-20(27)16-5-7-17(23)8-6-16)21(28)25-9-11-26(12-10-25)22(29)19-4-3-13-30-19/h3-8,13,15,18H,9-12,14H2,1-2H3,(H,24,27). The normalized spacial score (nSPS) is 15.2. The van der Waals surface area contributed by atoms with E-state index in [2.05, 4.69) is 5.32 Å². The van der Waals surface area contributed by atoms with Crippen molar-refractivity contribution in [1.29, 1.82) is 0 Å². The van der Waals surface area contributed by atoms with E-state index in [0.29, 0.717) is 48.9 Å². The quantitative estimate of drug-likeness (QED) is 0.762. The van der Waals surface area contributed by atoms with E-state index >= 15 is 0 Å². The number of hydrogen-bond acceptors (Lipinski definition) is 4. The maximum Gasteiger partial charge on any atom is 0.289 e. The molecule has 0 aliphatic carbocycles. The summed E-state index contributed by atoms with van der Waals surface area (Å²) in [5.74, 6) is -0.0933. The molecule has 0 spiro atoms. The highest BCUT2D eigenvalue weighted by molar-refractivity contribution is 6.30. The lowest BCUT2D eigenvalue weighted by atomic mass is 10.0. The average molecular weight is 432 g/mol. The summed E-state index contributed by atoms with van der Waals surface area (Å²) in [6.45, 7) is 5.69. The van der Waals surface area contributed by atoms with E-state index in [9.17, 15) is 14.4 Å². The third-order valence-corrected chi connectivity index (χ3v) is 5.28. The van der Waals surface area contributed by atoms with Crippen molar-refractivity contribution in [2.75, 3.05) is 26.2 Å². The molecule has 0 saturated carbocycles. The topological polar surface area (TPSA) is 82.9 Å². The van der Waals surface area contributed by atoms with Crippen LogP contribution in [0.2, 0.25) is 5.02 Å². The van der Waals surface area contributed by atoms with Gasteiger partial charge in [-0.25, -0.2) is 0 Å². The van der Waals surface area contributed by atoms with Gasteiger partial charge in [0.15, 0.2) is 5.76 Å². The molecule has 0 radical (unpaired) electrons. The van der Waals surface area contributed by atoms with E-state index in [1.54, 1.807) is 46.2 Å². The molecule has 1 atom stereocenters. The van der Waals surface area contributed by atoms with Gasteiger partial charge in [-0.3, -0.25) is 14.4 Å². The summed E-state index contributed by atoms with van der Waals surface area (Å²) in [4.78, 5) is 41.5. The molecule has 3 amide bonds. The zero-order valence-corrected chi connectivity index (χ0v) is 17.9. The summed E-state index contributed by atoms with van der Waals surface area (Å²) in [6, 6.07) is 9.23. The third-order valence-electron chi connectivity index (χ3n) is 5.03. The molecule has 3 rings (SSSR count). The van der Waals surface area contributed by atoms with Gasteiger partial charge in [-0.2, -0.15) is 0 Å². The zero-order valence-electron chi connectivity index (χ0n) is 17.1. The van der Waals surface area contributed by atoms with E-state index in [1.165, 1.54) is 6.26 Å². The minimum atomic E-state index is -0.625. The number of halogens is 1. The van der Waals surface area contributed by atoms with Crippen molar-refractivity contribution in [3.63, 3.8) is 0 Å². The van der Waals surface area contributed by atoms with Crippen LogP contribution in [0.1, 0.15) is 41.2 Å². The summed E-state index contributed by atoms with van der Waals surface area (Å²) < 4.78 is 5.17. The molecule has 8 heteroatoms. The summed E-state index contributed by atoms with van der Waals surface area (Å²) >= 11 is 5.88. The van der Waals surface area contributed by atoms with Crippen LogP contribution in [-0.2, 0) is 4.79 Å². The summed E-state index contributed by atoms with van der Waals surface area (Å²) in [5, 5.41) is 3.41. The first-order chi connectivity index (χ1) is 14.3. The SMILES string of the molecule is CC(C)CC(NC(=O)c1ccc(Cl)cc1)C(=O)N1CCN(C(=O)c2ccco2)CC1. The number of furan rings is 1. The second-order valence-corrected chi connectivity index (χ2v) is 8.19. The minimum absolute atomic E-state index is 0.129. The van der Waals surface area contributed by atoms with Gasteiger partial charge in [0, 0.05) is 36.8 Å². The molecule has 160 valence electrons.